The Bertz CT molecular complexity index is 778. The second kappa shape index (κ2) is 14.5. The molecule has 2 aliphatic heterocycles. The standard InChI is InChI=1S/C21H31N5O5.C3H8/c1-23-15-20(29)25-16-19(28)24(9-5-11-31-12-6-10-27)14-18(25)26(23)21(30)22-13-17-7-3-2-4-8-17;1-3-2/h2-4,7-8,18,27H,5-6,9-16H2,1H3,(H,22,30);3H2,1-2H3. The van der Waals surface area contributed by atoms with Gasteiger partial charge in [0, 0.05) is 40.0 Å². The molecule has 0 aromatic heterocycles. The lowest BCUT2D eigenvalue weighted by Gasteiger charge is -2.51. The number of carbonyl (C=O) groups excluding carboxylic acids is 3. The monoisotopic (exact) mass is 477 g/mol. The average molecular weight is 478 g/mol. The predicted molar refractivity (Wildman–Crippen MR) is 128 cm³/mol. The summed E-state index contributed by atoms with van der Waals surface area (Å²) >= 11 is 0. The van der Waals surface area contributed by atoms with Crippen molar-refractivity contribution >= 4 is 17.8 Å². The molecule has 3 rings (SSSR count). The lowest BCUT2D eigenvalue weighted by Crippen LogP contribution is -2.73. The van der Waals surface area contributed by atoms with Gasteiger partial charge in [0.1, 0.15) is 12.7 Å². The fourth-order valence-corrected chi connectivity index (χ4v) is 3.79. The maximum absolute atomic E-state index is 13.0. The molecule has 0 bridgehead atoms. The van der Waals surface area contributed by atoms with E-state index in [0.29, 0.717) is 39.1 Å². The first-order chi connectivity index (χ1) is 16.4. The predicted octanol–water partition coefficient (Wildman–Crippen LogP) is 1.26. The van der Waals surface area contributed by atoms with Gasteiger partial charge in [-0.05, 0) is 18.4 Å². The number of benzene rings is 1. The van der Waals surface area contributed by atoms with Crippen LogP contribution < -0.4 is 5.32 Å². The highest BCUT2D eigenvalue weighted by Crippen LogP contribution is 2.21. The van der Waals surface area contributed by atoms with Crippen molar-refractivity contribution in [2.24, 2.45) is 0 Å². The molecule has 2 aliphatic rings. The topological polar surface area (TPSA) is 106 Å². The van der Waals surface area contributed by atoms with Gasteiger partial charge in [-0.3, -0.25) is 9.59 Å². The van der Waals surface area contributed by atoms with Crippen LogP contribution in [0.5, 0.6) is 0 Å². The number of rotatable bonds is 9. The SMILES string of the molecule is CCC.CN1CC(=O)N2CC(=O)N(CCCOCCCO)CC2N1C(=O)NCc1ccccc1. The highest BCUT2D eigenvalue weighted by atomic mass is 16.5. The van der Waals surface area contributed by atoms with Crippen LogP contribution in [0.15, 0.2) is 30.3 Å². The smallest absolute Gasteiger partial charge is 0.334 e. The highest BCUT2D eigenvalue weighted by Gasteiger charge is 2.45. The van der Waals surface area contributed by atoms with Gasteiger partial charge in [0.25, 0.3) is 0 Å². The molecule has 2 saturated heterocycles. The Morgan fingerprint density at radius 2 is 1.76 bits per heavy atom. The van der Waals surface area contributed by atoms with Crippen molar-refractivity contribution in [3.63, 3.8) is 0 Å². The van der Waals surface area contributed by atoms with Gasteiger partial charge < -0.3 is 25.0 Å². The number of fused-ring (bicyclic) bond motifs is 1. The minimum absolute atomic E-state index is 0.0365. The molecule has 1 atom stereocenters. The van der Waals surface area contributed by atoms with E-state index in [9.17, 15) is 14.4 Å². The number of carbonyl (C=O) groups is 3. The molecule has 4 amide bonds. The molecule has 190 valence electrons. The van der Waals surface area contributed by atoms with Gasteiger partial charge in [-0.25, -0.2) is 14.8 Å². The van der Waals surface area contributed by atoms with Gasteiger partial charge in [0.15, 0.2) is 0 Å². The van der Waals surface area contributed by atoms with E-state index in [-0.39, 0.29) is 44.1 Å². The number of aliphatic hydroxyl groups excluding tert-OH is 1. The van der Waals surface area contributed by atoms with Crippen molar-refractivity contribution in [1.29, 1.82) is 0 Å². The van der Waals surface area contributed by atoms with Gasteiger partial charge in [-0.1, -0.05) is 50.6 Å². The van der Waals surface area contributed by atoms with Crippen LogP contribution in [0.1, 0.15) is 38.7 Å². The van der Waals surface area contributed by atoms with Gasteiger partial charge in [0.2, 0.25) is 11.8 Å². The van der Waals surface area contributed by atoms with E-state index in [1.807, 2.05) is 30.3 Å². The number of hydrogen-bond donors (Lipinski definition) is 2. The molecule has 1 unspecified atom stereocenters. The zero-order chi connectivity index (χ0) is 24.9. The fraction of sp³-hybridized carbons (Fsp3) is 0.625. The molecule has 10 nitrogen and oxygen atoms in total. The van der Waals surface area contributed by atoms with Crippen LogP contribution in [0.4, 0.5) is 4.79 Å². The zero-order valence-corrected chi connectivity index (χ0v) is 20.6. The lowest BCUT2D eigenvalue weighted by atomic mass is 10.2. The van der Waals surface area contributed by atoms with Crippen LogP contribution >= 0.6 is 0 Å². The first-order valence-corrected chi connectivity index (χ1v) is 12.0. The number of nitrogens with one attached hydrogen (secondary N) is 1. The Hall–Kier alpha value is -2.69. The van der Waals surface area contributed by atoms with E-state index in [1.165, 1.54) is 16.3 Å². The number of piperazine rings is 1. The minimum Gasteiger partial charge on any atom is -0.396 e. The van der Waals surface area contributed by atoms with Gasteiger partial charge in [-0.2, -0.15) is 0 Å². The average Bonchev–Trinajstić information content (AvgIpc) is 2.82. The van der Waals surface area contributed by atoms with Crippen molar-refractivity contribution in [2.45, 2.75) is 45.8 Å². The molecule has 34 heavy (non-hydrogen) atoms. The molecular weight excluding hydrogens is 438 g/mol. The summed E-state index contributed by atoms with van der Waals surface area (Å²) in [6, 6.07) is 9.29. The normalized spacial score (nSPS) is 18.4. The number of likely N-dealkylation sites (N-methyl/N-ethyl adjacent to an activating group) is 1. The Morgan fingerprint density at radius 1 is 1.09 bits per heavy atom. The van der Waals surface area contributed by atoms with Gasteiger partial charge in [-0.15, -0.1) is 0 Å². The Labute approximate surface area is 202 Å². The van der Waals surface area contributed by atoms with Crippen LogP contribution in [0.2, 0.25) is 0 Å². The van der Waals surface area contributed by atoms with Crippen LogP contribution in [0.25, 0.3) is 0 Å². The number of aliphatic hydroxyl groups is 1. The van der Waals surface area contributed by atoms with Crippen molar-refractivity contribution in [1.82, 2.24) is 25.1 Å². The maximum Gasteiger partial charge on any atom is 0.334 e. The molecule has 2 N–H and O–H groups in total. The molecule has 0 radical (unpaired) electrons. The number of hydrogen-bond acceptors (Lipinski definition) is 6. The Balaban J connectivity index is 0.00000129. The third-order valence-corrected chi connectivity index (χ3v) is 5.39. The summed E-state index contributed by atoms with van der Waals surface area (Å²) in [5.74, 6) is -0.297. The van der Waals surface area contributed by atoms with Crippen LogP contribution in [0, 0.1) is 0 Å². The lowest BCUT2D eigenvalue weighted by molar-refractivity contribution is -0.178. The zero-order valence-electron chi connectivity index (χ0n) is 20.6. The summed E-state index contributed by atoms with van der Waals surface area (Å²) in [7, 11) is 1.70. The molecular formula is C24H39N5O5. The molecule has 0 aliphatic carbocycles. The molecule has 0 spiro atoms. The highest BCUT2D eigenvalue weighted by molar-refractivity contribution is 5.89. The number of urea groups is 1. The maximum atomic E-state index is 13.0. The number of nitrogens with zero attached hydrogens (tertiary/aromatic N) is 4. The van der Waals surface area contributed by atoms with E-state index >= 15 is 0 Å². The molecule has 2 heterocycles. The second-order valence-electron chi connectivity index (χ2n) is 8.40. The molecule has 2 fully saturated rings. The number of amides is 4. The van der Waals surface area contributed by atoms with E-state index in [4.69, 9.17) is 9.84 Å². The first-order valence-electron chi connectivity index (χ1n) is 12.0. The summed E-state index contributed by atoms with van der Waals surface area (Å²) in [5.41, 5.74) is 0.977. The number of hydrazine groups is 1. The van der Waals surface area contributed by atoms with Crippen LogP contribution in [0.3, 0.4) is 0 Å². The number of ether oxygens (including phenoxy) is 1. The van der Waals surface area contributed by atoms with E-state index < -0.39 is 6.17 Å². The Morgan fingerprint density at radius 3 is 2.44 bits per heavy atom. The third kappa shape index (κ3) is 7.96. The van der Waals surface area contributed by atoms with Gasteiger partial charge >= 0.3 is 6.03 Å². The van der Waals surface area contributed by atoms with Crippen molar-refractivity contribution < 1.29 is 24.2 Å². The minimum atomic E-state index is -0.546. The van der Waals surface area contributed by atoms with Crippen molar-refractivity contribution in [3.8, 4) is 0 Å². The summed E-state index contributed by atoms with van der Waals surface area (Å²) < 4.78 is 5.43. The summed E-state index contributed by atoms with van der Waals surface area (Å²) in [6.07, 6.45) is 1.93. The summed E-state index contributed by atoms with van der Waals surface area (Å²) in [4.78, 5) is 41.2. The first kappa shape index (κ1) is 27.6. The Kier molecular flexibility index (Phi) is 11.8. The van der Waals surface area contributed by atoms with Crippen molar-refractivity contribution in [2.75, 3.05) is 53.0 Å². The summed E-state index contributed by atoms with van der Waals surface area (Å²) in [5, 5.41) is 14.8. The fourth-order valence-electron chi connectivity index (χ4n) is 3.79. The quantitative estimate of drug-likeness (QED) is 0.519. The summed E-state index contributed by atoms with van der Waals surface area (Å²) in [6.45, 7) is 6.43. The molecule has 10 heteroatoms. The van der Waals surface area contributed by atoms with E-state index in [1.54, 1.807) is 17.0 Å². The van der Waals surface area contributed by atoms with Crippen LogP contribution in [-0.2, 0) is 20.9 Å². The van der Waals surface area contributed by atoms with Gasteiger partial charge in [0.05, 0.1) is 13.1 Å². The second-order valence-corrected chi connectivity index (χ2v) is 8.40. The van der Waals surface area contributed by atoms with E-state index in [0.717, 1.165) is 5.56 Å². The molecule has 0 saturated carbocycles. The third-order valence-electron chi connectivity index (χ3n) is 5.39. The molecule has 1 aromatic carbocycles. The van der Waals surface area contributed by atoms with Crippen LogP contribution in [-0.4, -0.2) is 102 Å². The van der Waals surface area contributed by atoms with Crippen molar-refractivity contribution in [3.05, 3.63) is 35.9 Å². The molecule has 1 aromatic rings. The largest absolute Gasteiger partial charge is 0.396 e. The van der Waals surface area contributed by atoms with E-state index in [2.05, 4.69) is 19.2 Å².